The number of H-pyrrole nitrogens is 1. The van der Waals surface area contributed by atoms with Gasteiger partial charge in [0.15, 0.2) is 11.5 Å². The van der Waals surface area contributed by atoms with Crippen molar-refractivity contribution in [2.75, 3.05) is 0 Å². The van der Waals surface area contributed by atoms with Crippen LogP contribution in [0.3, 0.4) is 0 Å². The van der Waals surface area contributed by atoms with E-state index in [1.807, 2.05) is 37.3 Å². The molecule has 0 amide bonds. The zero-order valence-electron chi connectivity index (χ0n) is 14.9. The molecule has 132 valence electrons. The first-order valence-corrected chi connectivity index (χ1v) is 8.96. The van der Waals surface area contributed by atoms with Gasteiger partial charge in [0.2, 0.25) is 10.8 Å². The first-order valence-electron chi connectivity index (χ1n) is 8.18. The van der Waals surface area contributed by atoms with E-state index >= 15 is 0 Å². The Balaban J connectivity index is 1.72. The van der Waals surface area contributed by atoms with Gasteiger partial charge in [-0.2, -0.15) is 14.0 Å². The molecule has 4 aromatic rings. The molecule has 0 radical (unpaired) electrons. The molecule has 3 aromatic heterocycles. The van der Waals surface area contributed by atoms with Gasteiger partial charge in [0.1, 0.15) is 5.82 Å². The van der Waals surface area contributed by atoms with Crippen LogP contribution in [-0.4, -0.2) is 29.2 Å². The molecule has 3 heterocycles. The number of rotatable bonds is 3. The summed E-state index contributed by atoms with van der Waals surface area (Å²) in [4.78, 5) is 8.90. The molecular formula is C17H18N8S. The number of azo groups is 1. The van der Waals surface area contributed by atoms with Crippen LogP contribution in [0.5, 0.6) is 0 Å². The summed E-state index contributed by atoms with van der Waals surface area (Å²) >= 11 is 1.22. The summed E-state index contributed by atoms with van der Waals surface area (Å²) in [7, 11) is 0. The first-order chi connectivity index (χ1) is 12.4. The summed E-state index contributed by atoms with van der Waals surface area (Å²) in [5, 5.41) is 16.8. The summed E-state index contributed by atoms with van der Waals surface area (Å²) in [5.74, 6) is 1.33. The van der Waals surface area contributed by atoms with E-state index < -0.39 is 0 Å². The van der Waals surface area contributed by atoms with Crippen LogP contribution < -0.4 is 0 Å². The molecule has 1 N–H and O–H groups in total. The zero-order valence-corrected chi connectivity index (χ0v) is 15.7. The van der Waals surface area contributed by atoms with E-state index in [1.54, 1.807) is 4.63 Å². The lowest BCUT2D eigenvalue weighted by Crippen LogP contribution is -2.12. The third-order valence-corrected chi connectivity index (χ3v) is 4.41. The van der Waals surface area contributed by atoms with Gasteiger partial charge in [-0.15, -0.1) is 15.3 Å². The number of benzene rings is 1. The van der Waals surface area contributed by atoms with Crippen LogP contribution in [0.2, 0.25) is 0 Å². The summed E-state index contributed by atoms with van der Waals surface area (Å²) in [6.45, 7) is 8.14. The average molecular weight is 366 g/mol. The topological polar surface area (TPSA) is 96.5 Å². The van der Waals surface area contributed by atoms with Crippen molar-refractivity contribution in [1.29, 1.82) is 0 Å². The molecule has 0 aliphatic rings. The van der Waals surface area contributed by atoms with Crippen LogP contribution in [0.1, 0.15) is 32.3 Å². The van der Waals surface area contributed by atoms with E-state index in [0.29, 0.717) is 28.1 Å². The molecule has 9 heteroatoms. The minimum atomic E-state index is -0.152. The smallest absolute Gasteiger partial charge is 0.249 e. The maximum absolute atomic E-state index is 4.45. The van der Waals surface area contributed by atoms with Crippen molar-refractivity contribution >= 4 is 28.0 Å². The molecule has 0 fully saturated rings. The number of fused-ring (bicyclic) bond motifs is 1. The van der Waals surface area contributed by atoms with E-state index in [9.17, 15) is 0 Å². The van der Waals surface area contributed by atoms with Gasteiger partial charge < -0.3 is 0 Å². The molecule has 0 atom stereocenters. The minimum absolute atomic E-state index is 0.152. The first kappa shape index (κ1) is 16.5. The number of aromatic amines is 1. The van der Waals surface area contributed by atoms with Crippen LogP contribution in [0, 0.1) is 6.92 Å². The van der Waals surface area contributed by atoms with Gasteiger partial charge in [-0.25, -0.2) is 4.98 Å². The second-order valence-corrected chi connectivity index (χ2v) is 7.68. The largest absolute Gasteiger partial charge is 0.277 e. The molecule has 0 bridgehead atoms. The van der Waals surface area contributed by atoms with Crippen molar-refractivity contribution < 1.29 is 0 Å². The lowest BCUT2D eigenvalue weighted by molar-refractivity contribution is 0.557. The Morgan fingerprint density at radius 1 is 1.08 bits per heavy atom. The molecule has 0 unspecified atom stereocenters. The van der Waals surface area contributed by atoms with Gasteiger partial charge in [0, 0.05) is 22.5 Å². The van der Waals surface area contributed by atoms with Crippen LogP contribution >= 0.6 is 11.5 Å². The Bertz CT molecular complexity index is 1080. The standard InChI is InChI=1S/C17H18N8S/c1-10-18-15-12(13(17(2,3)4)23-25(15)22-10)20-21-16-19-14(24-26-16)11-8-6-5-7-9-11/h5-9,23H,1-4H3. The van der Waals surface area contributed by atoms with Crippen LogP contribution in [0.25, 0.3) is 17.0 Å². The second-order valence-electron chi connectivity index (χ2n) is 6.95. The highest BCUT2D eigenvalue weighted by Gasteiger charge is 2.25. The predicted molar refractivity (Wildman–Crippen MR) is 100 cm³/mol. The molecular weight excluding hydrogens is 348 g/mol. The zero-order chi connectivity index (χ0) is 18.3. The van der Waals surface area contributed by atoms with Gasteiger partial charge in [0.05, 0.1) is 5.69 Å². The van der Waals surface area contributed by atoms with Gasteiger partial charge in [-0.05, 0) is 6.92 Å². The predicted octanol–water partition coefficient (Wildman–Crippen LogP) is 4.60. The number of nitrogens with zero attached hydrogens (tertiary/aromatic N) is 7. The summed E-state index contributed by atoms with van der Waals surface area (Å²) in [6, 6.07) is 9.81. The molecule has 8 nitrogen and oxygen atoms in total. The summed E-state index contributed by atoms with van der Waals surface area (Å²) < 4.78 is 6.00. The highest BCUT2D eigenvalue weighted by molar-refractivity contribution is 7.09. The highest BCUT2D eigenvalue weighted by Crippen LogP contribution is 2.35. The number of aromatic nitrogens is 6. The molecule has 4 rings (SSSR count). The maximum Gasteiger partial charge on any atom is 0.249 e. The quantitative estimate of drug-likeness (QED) is 0.536. The highest BCUT2D eigenvalue weighted by atomic mass is 32.1. The Labute approximate surface area is 154 Å². The van der Waals surface area contributed by atoms with Crippen molar-refractivity contribution in [1.82, 2.24) is 29.2 Å². The van der Waals surface area contributed by atoms with E-state index in [1.165, 1.54) is 11.5 Å². The van der Waals surface area contributed by atoms with Crippen molar-refractivity contribution in [3.05, 3.63) is 41.9 Å². The minimum Gasteiger partial charge on any atom is -0.277 e. The Kier molecular flexibility index (Phi) is 3.87. The fourth-order valence-corrected chi connectivity index (χ4v) is 3.11. The van der Waals surface area contributed by atoms with Crippen LogP contribution in [0.4, 0.5) is 10.8 Å². The molecule has 0 spiro atoms. The SMILES string of the molecule is Cc1nc2c(N=Nc3nc(-c4ccccc4)ns3)c(C(C)(C)C)[nH]n2n1. The second kappa shape index (κ2) is 6.10. The normalized spacial score (nSPS) is 12.5. The third-order valence-electron chi connectivity index (χ3n) is 3.81. The van der Waals surface area contributed by atoms with E-state index in [2.05, 4.69) is 55.5 Å². The molecule has 1 aromatic carbocycles. The Hall–Kier alpha value is -2.94. The number of nitrogens with one attached hydrogen (secondary N) is 1. The van der Waals surface area contributed by atoms with Crippen molar-refractivity contribution in [2.24, 2.45) is 10.2 Å². The number of hydrogen-bond acceptors (Lipinski definition) is 7. The van der Waals surface area contributed by atoms with E-state index in [0.717, 1.165) is 11.3 Å². The lowest BCUT2D eigenvalue weighted by Gasteiger charge is -2.16. The maximum atomic E-state index is 4.45. The van der Waals surface area contributed by atoms with Gasteiger partial charge in [0.25, 0.3) is 0 Å². The van der Waals surface area contributed by atoms with Gasteiger partial charge in [-0.1, -0.05) is 51.1 Å². The lowest BCUT2D eigenvalue weighted by atomic mass is 9.91. The van der Waals surface area contributed by atoms with Crippen molar-refractivity contribution in [3.63, 3.8) is 0 Å². The average Bonchev–Trinajstić information content (AvgIpc) is 3.27. The van der Waals surface area contributed by atoms with Crippen LogP contribution in [0.15, 0.2) is 40.6 Å². The number of aryl methyl sites for hydroxylation is 1. The van der Waals surface area contributed by atoms with Crippen LogP contribution in [-0.2, 0) is 5.41 Å². The van der Waals surface area contributed by atoms with E-state index in [4.69, 9.17) is 0 Å². The fraction of sp³-hybridized carbons (Fsp3) is 0.294. The molecule has 0 saturated carbocycles. The molecule has 0 saturated heterocycles. The number of hydrogen-bond donors (Lipinski definition) is 1. The fourth-order valence-electron chi connectivity index (χ4n) is 2.59. The van der Waals surface area contributed by atoms with Crippen molar-refractivity contribution in [3.8, 4) is 11.4 Å². The van der Waals surface area contributed by atoms with Crippen molar-refractivity contribution in [2.45, 2.75) is 33.1 Å². The Morgan fingerprint density at radius 3 is 2.58 bits per heavy atom. The summed E-state index contributed by atoms with van der Waals surface area (Å²) in [5.41, 5.74) is 3.06. The summed E-state index contributed by atoms with van der Waals surface area (Å²) in [6.07, 6.45) is 0. The Morgan fingerprint density at radius 2 is 1.85 bits per heavy atom. The van der Waals surface area contributed by atoms with E-state index in [-0.39, 0.29) is 5.41 Å². The monoisotopic (exact) mass is 366 g/mol. The van der Waals surface area contributed by atoms with Gasteiger partial charge >= 0.3 is 0 Å². The van der Waals surface area contributed by atoms with Gasteiger partial charge in [-0.3, -0.25) is 5.10 Å². The molecule has 0 aliphatic heterocycles. The molecule has 0 aliphatic carbocycles. The molecule has 26 heavy (non-hydrogen) atoms. The third kappa shape index (κ3) is 3.01.